The van der Waals surface area contributed by atoms with Crippen LogP contribution in [0.3, 0.4) is 0 Å². The third-order valence-corrected chi connectivity index (χ3v) is 6.80. The van der Waals surface area contributed by atoms with Crippen molar-refractivity contribution in [2.45, 2.75) is 64.5 Å². The molecule has 2 aromatic rings. The van der Waals surface area contributed by atoms with Crippen LogP contribution in [0, 0.1) is 6.92 Å². The summed E-state index contributed by atoms with van der Waals surface area (Å²) in [7, 11) is 0. The molecule has 0 bridgehead atoms. The van der Waals surface area contributed by atoms with Gasteiger partial charge in [0, 0.05) is 10.9 Å². The van der Waals surface area contributed by atoms with Crippen molar-refractivity contribution in [1.29, 1.82) is 0 Å². The van der Waals surface area contributed by atoms with E-state index in [2.05, 4.69) is 11.9 Å². The number of benzene rings is 1. The minimum Gasteiger partial charge on any atom is -0.351 e. The molecule has 1 saturated carbocycles. The van der Waals surface area contributed by atoms with Crippen LogP contribution in [0.2, 0.25) is 0 Å². The van der Waals surface area contributed by atoms with Crippen LogP contribution in [0.5, 0.6) is 0 Å². The Labute approximate surface area is 193 Å². The average molecular weight is 455 g/mol. The van der Waals surface area contributed by atoms with Crippen LogP contribution in [0.25, 0.3) is 0 Å². The zero-order chi connectivity index (χ0) is 23.1. The monoisotopic (exact) mass is 454 g/mol. The second-order valence-corrected chi connectivity index (χ2v) is 9.28. The molecule has 1 unspecified atom stereocenters. The van der Waals surface area contributed by atoms with E-state index in [9.17, 15) is 14.0 Å². The second-order valence-electron chi connectivity index (χ2n) is 8.25. The van der Waals surface area contributed by atoms with Gasteiger partial charge in [0.1, 0.15) is 11.9 Å². The topological polar surface area (TPSA) is 49.4 Å². The number of amides is 2. The van der Waals surface area contributed by atoms with Crippen LogP contribution in [-0.2, 0) is 16.0 Å². The molecule has 4 nitrogen and oxygen atoms in total. The van der Waals surface area contributed by atoms with E-state index in [4.69, 9.17) is 0 Å². The number of nitrogens with zero attached hydrogens (tertiary/aromatic N) is 1. The number of halogens is 1. The Kier molecular flexibility index (Phi) is 8.39. The molecule has 1 atom stereocenters. The number of hydrogen-bond donors (Lipinski definition) is 1. The summed E-state index contributed by atoms with van der Waals surface area (Å²) < 4.78 is 14.6. The highest BCUT2D eigenvalue weighted by Crippen LogP contribution is 2.32. The van der Waals surface area contributed by atoms with Crippen molar-refractivity contribution >= 4 is 23.2 Å². The summed E-state index contributed by atoms with van der Waals surface area (Å²) in [5.74, 6) is -1.18. The van der Waals surface area contributed by atoms with Gasteiger partial charge in [-0.25, -0.2) is 4.39 Å². The molecule has 1 aromatic heterocycles. The molecule has 1 aliphatic rings. The molecule has 1 N–H and O–H groups in total. The number of allylic oxidation sites excluding steroid dienone is 2. The number of carbonyl (C=O) groups is 2. The van der Waals surface area contributed by atoms with Crippen molar-refractivity contribution < 1.29 is 14.0 Å². The minimum atomic E-state index is -0.982. The zero-order valence-electron chi connectivity index (χ0n) is 18.8. The van der Waals surface area contributed by atoms with Crippen LogP contribution in [-0.4, -0.2) is 22.8 Å². The third kappa shape index (κ3) is 5.74. The Bertz CT molecular complexity index is 973. The van der Waals surface area contributed by atoms with Crippen molar-refractivity contribution in [3.8, 4) is 0 Å². The van der Waals surface area contributed by atoms with Crippen molar-refractivity contribution in [1.82, 2.24) is 10.2 Å². The van der Waals surface area contributed by atoms with Gasteiger partial charge in [0.15, 0.2) is 0 Å². The molecule has 1 heterocycles. The van der Waals surface area contributed by atoms with Gasteiger partial charge in [0.05, 0.1) is 12.1 Å². The third-order valence-electron chi connectivity index (χ3n) is 5.92. The van der Waals surface area contributed by atoms with Crippen LogP contribution in [0.4, 0.5) is 4.39 Å². The first-order chi connectivity index (χ1) is 15.4. The molecule has 3 rings (SSSR count). The quantitative estimate of drug-likeness (QED) is 0.497. The summed E-state index contributed by atoms with van der Waals surface area (Å²) in [4.78, 5) is 29.4. The van der Waals surface area contributed by atoms with Crippen LogP contribution < -0.4 is 5.32 Å². The van der Waals surface area contributed by atoms with Gasteiger partial charge >= 0.3 is 0 Å². The normalized spacial score (nSPS) is 16.1. The standard InChI is InChI=1S/C26H31FN2O2S/c1-4-23(19(3)27)29(24(30)17-21-14-10-16-32-21)25(22-15-9-8-11-18(22)2)26(31)28-20-12-6-5-7-13-20/h4,8-11,14-16,20,25H,1,5-7,12-13,17H2,2-3H3,(H,28,31). The van der Waals surface area contributed by atoms with E-state index < -0.39 is 11.9 Å². The number of carbonyl (C=O) groups excluding carboxylic acids is 2. The van der Waals surface area contributed by atoms with Crippen LogP contribution in [0.15, 0.2) is 66.0 Å². The predicted molar refractivity (Wildman–Crippen MR) is 128 cm³/mol. The number of aryl methyl sites for hydroxylation is 1. The molecule has 170 valence electrons. The SMILES string of the molecule is C=CC(=C(C)F)N(C(=O)Cc1cccs1)C(C(=O)NC1CCCCC1)c1ccccc1C. The Morgan fingerprint density at radius 3 is 2.53 bits per heavy atom. The van der Waals surface area contributed by atoms with Gasteiger partial charge in [-0.1, -0.05) is 56.2 Å². The summed E-state index contributed by atoms with van der Waals surface area (Å²) >= 11 is 1.46. The van der Waals surface area contributed by atoms with E-state index >= 15 is 0 Å². The van der Waals surface area contributed by atoms with Gasteiger partial charge in [-0.3, -0.25) is 14.5 Å². The van der Waals surface area contributed by atoms with E-state index in [1.807, 2.05) is 48.7 Å². The fourth-order valence-corrected chi connectivity index (χ4v) is 4.98. The van der Waals surface area contributed by atoms with Gasteiger partial charge in [-0.2, -0.15) is 0 Å². The molecule has 6 heteroatoms. The van der Waals surface area contributed by atoms with Gasteiger partial charge in [-0.05, 0) is 55.3 Å². The Balaban J connectivity index is 2.06. The van der Waals surface area contributed by atoms with Gasteiger partial charge in [-0.15, -0.1) is 11.3 Å². The molecule has 0 spiro atoms. The van der Waals surface area contributed by atoms with Gasteiger partial charge in [0.25, 0.3) is 0 Å². The first-order valence-corrected chi connectivity index (χ1v) is 12.0. The summed E-state index contributed by atoms with van der Waals surface area (Å²) in [6.07, 6.45) is 6.56. The molecule has 32 heavy (non-hydrogen) atoms. The molecule has 0 aliphatic heterocycles. The lowest BCUT2D eigenvalue weighted by molar-refractivity contribution is -0.138. The Hall–Kier alpha value is -2.73. The van der Waals surface area contributed by atoms with Gasteiger partial charge < -0.3 is 5.32 Å². The highest BCUT2D eigenvalue weighted by atomic mass is 32.1. The summed E-state index contributed by atoms with van der Waals surface area (Å²) in [5.41, 5.74) is 1.57. The highest BCUT2D eigenvalue weighted by molar-refractivity contribution is 7.10. The fourth-order valence-electron chi connectivity index (χ4n) is 4.29. The number of nitrogens with one attached hydrogen (secondary N) is 1. The summed E-state index contributed by atoms with van der Waals surface area (Å²) in [6.45, 7) is 6.92. The largest absolute Gasteiger partial charge is 0.351 e. The molecular weight excluding hydrogens is 423 g/mol. The molecular formula is C26H31FN2O2S. The van der Waals surface area contributed by atoms with E-state index in [0.717, 1.165) is 36.1 Å². The molecule has 0 saturated heterocycles. The summed E-state index contributed by atoms with van der Waals surface area (Å²) in [5, 5.41) is 5.04. The first-order valence-electron chi connectivity index (χ1n) is 11.1. The molecule has 1 aliphatic carbocycles. The smallest absolute Gasteiger partial charge is 0.248 e. The number of rotatable bonds is 8. The minimum absolute atomic E-state index is 0.0265. The Morgan fingerprint density at radius 1 is 1.22 bits per heavy atom. The van der Waals surface area contributed by atoms with Crippen LogP contribution in [0.1, 0.15) is 61.1 Å². The second kappa shape index (κ2) is 11.2. The zero-order valence-corrected chi connectivity index (χ0v) is 19.6. The molecule has 1 aromatic carbocycles. The Morgan fingerprint density at radius 2 is 1.94 bits per heavy atom. The van der Waals surface area contributed by atoms with Crippen molar-refractivity contribution in [3.63, 3.8) is 0 Å². The van der Waals surface area contributed by atoms with Crippen molar-refractivity contribution in [2.75, 3.05) is 0 Å². The highest BCUT2D eigenvalue weighted by Gasteiger charge is 2.36. The van der Waals surface area contributed by atoms with E-state index in [0.29, 0.717) is 5.56 Å². The van der Waals surface area contributed by atoms with E-state index in [1.54, 1.807) is 0 Å². The maximum absolute atomic E-state index is 14.6. The maximum atomic E-state index is 14.6. The average Bonchev–Trinajstić information content (AvgIpc) is 3.28. The maximum Gasteiger partial charge on any atom is 0.248 e. The lowest BCUT2D eigenvalue weighted by Gasteiger charge is -2.34. The number of hydrogen-bond acceptors (Lipinski definition) is 3. The first kappa shape index (κ1) is 23.9. The van der Waals surface area contributed by atoms with E-state index in [1.165, 1.54) is 35.7 Å². The van der Waals surface area contributed by atoms with E-state index in [-0.39, 0.29) is 30.0 Å². The molecule has 1 fully saturated rings. The lowest BCUT2D eigenvalue weighted by Crippen LogP contribution is -2.47. The molecule has 2 amide bonds. The number of thiophene rings is 1. The molecule has 0 radical (unpaired) electrons. The lowest BCUT2D eigenvalue weighted by atomic mass is 9.93. The van der Waals surface area contributed by atoms with Gasteiger partial charge in [0.2, 0.25) is 11.8 Å². The van der Waals surface area contributed by atoms with Crippen molar-refractivity contribution in [2.24, 2.45) is 0 Å². The van der Waals surface area contributed by atoms with Crippen molar-refractivity contribution in [3.05, 3.63) is 82.0 Å². The predicted octanol–water partition coefficient (Wildman–Crippen LogP) is 6.00. The van der Waals surface area contributed by atoms with Crippen LogP contribution >= 0.6 is 11.3 Å². The fraction of sp³-hybridized carbons (Fsp3) is 0.385. The summed E-state index contributed by atoms with van der Waals surface area (Å²) in [6, 6.07) is 10.3.